The highest BCUT2D eigenvalue weighted by Crippen LogP contribution is 2.59. The number of halogens is 1. The van der Waals surface area contributed by atoms with Crippen molar-refractivity contribution in [1.29, 1.82) is 0 Å². The van der Waals surface area contributed by atoms with Gasteiger partial charge in [-0.2, -0.15) is 0 Å². The van der Waals surface area contributed by atoms with E-state index in [0.29, 0.717) is 0 Å². The Morgan fingerprint density at radius 1 is 1.47 bits per heavy atom. The van der Waals surface area contributed by atoms with Gasteiger partial charge in [-0.05, 0) is 60.3 Å². The van der Waals surface area contributed by atoms with Crippen LogP contribution in [0.25, 0.3) is 0 Å². The lowest BCUT2D eigenvalue weighted by Gasteiger charge is -2.33. The van der Waals surface area contributed by atoms with Gasteiger partial charge in [0.1, 0.15) is 5.82 Å². The molecule has 1 spiro atoms. The predicted molar refractivity (Wildman–Crippen MR) is 61.4 cm³/mol. The number of fused-ring (bicyclic) bond motifs is 2. The van der Waals surface area contributed by atoms with E-state index in [2.05, 4.69) is 0 Å². The Morgan fingerprint density at radius 3 is 2.88 bits per heavy atom. The van der Waals surface area contributed by atoms with Crippen molar-refractivity contribution in [2.45, 2.75) is 37.5 Å². The third-order valence-electron chi connectivity index (χ3n) is 4.36. The van der Waals surface area contributed by atoms with E-state index in [-0.39, 0.29) is 23.6 Å². The first-order valence-corrected chi connectivity index (χ1v) is 6.12. The second kappa shape index (κ2) is 3.56. The first kappa shape index (κ1) is 10.8. The molecule has 0 aliphatic heterocycles. The molecule has 0 bridgehead atoms. The van der Waals surface area contributed by atoms with Crippen LogP contribution in [0.5, 0.6) is 0 Å². The van der Waals surface area contributed by atoms with Crippen molar-refractivity contribution in [2.24, 2.45) is 5.92 Å². The Morgan fingerprint density at radius 2 is 2.24 bits per heavy atom. The van der Waals surface area contributed by atoms with Gasteiger partial charge in [0.05, 0.1) is 0 Å². The van der Waals surface area contributed by atoms with Crippen molar-refractivity contribution >= 4 is 5.97 Å². The van der Waals surface area contributed by atoms with Crippen LogP contribution in [0.4, 0.5) is 4.39 Å². The van der Waals surface area contributed by atoms with E-state index in [4.69, 9.17) is 5.11 Å². The van der Waals surface area contributed by atoms with Crippen LogP contribution in [-0.4, -0.2) is 11.1 Å². The van der Waals surface area contributed by atoms with Crippen molar-refractivity contribution in [2.75, 3.05) is 0 Å². The number of rotatable bonds is 2. The van der Waals surface area contributed by atoms with Crippen molar-refractivity contribution in [3.8, 4) is 0 Å². The summed E-state index contributed by atoms with van der Waals surface area (Å²) < 4.78 is 13.2. The van der Waals surface area contributed by atoms with Crippen LogP contribution >= 0.6 is 0 Å². The van der Waals surface area contributed by atoms with Crippen LogP contribution in [0.1, 0.15) is 36.8 Å². The molecule has 3 heteroatoms. The lowest BCUT2D eigenvalue weighted by Crippen LogP contribution is -2.29. The van der Waals surface area contributed by atoms with E-state index in [1.165, 1.54) is 11.6 Å². The fourth-order valence-corrected chi connectivity index (χ4v) is 3.40. The molecule has 0 amide bonds. The van der Waals surface area contributed by atoms with Gasteiger partial charge in [-0.25, -0.2) is 4.39 Å². The monoisotopic (exact) mass is 234 g/mol. The zero-order valence-electron chi connectivity index (χ0n) is 9.58. The van der Waals surface area contributed by atoms with Gasteiger partial charge in [0.15, 0.2) is 0 Å². The average molecular weight is 234 g/mol. The van der Waals surface area contributed by atoms with Crippen LogP contribution in [0, 0.1) is 11.7 Å². The van der Waals surface area contributed by atoms with E-state index in [0.717, 1.165) is 31.2 Å². The number of benzene rings is 1. The summed E-state index contributed by atoms with van der Waals surface area (Å²) in [6, 6.07) is 4.99. The van der Waals surface area contributed by atoms with Crippen LogP contribution in [-0.2, 0) is 16.6 Å². The number of carbonyl (C=O) groups is 1. The normalized spacial score (nSPS) is 24.4. The minimum absolute atomic E-state index is 0.0552. The van der Waals surface area contributed by atoms with Gasteiger partial charge >= 0.3 is 5.97 Å². The van der Waals surface area contributed by atoms with Crippen LogP contribution in [0.15, 0.2) is 18.2 Å². The summed E-state index contributed by atoms with van der Waals surface area (Å²) in [6.07, 6.45) is 4.06. The number of aliphatic carboxylic acids is 1. The predicted octanol–water partition coefficient (Wildman–Crippen LogP) is 2.89. The fraction of sp³-hybridized carbons (Fsp3) is 0.500. The van der Waals surface area contributed by atoms with Crippen molar-refractivity contribution in [1.82, 2.24) is 0 Å². The minimum Gasteiger partial charge on any atom is -0.481 e. The van der Waals surface area contributed by atoms with E-state index in [9.17, 15) is 9.18 Å². The third-order valence-corrected chi connectivity index (χ3v) is 4.36. The summed E-state index contributed by atoms with van der Waals surface area (Å²) >= 11 is 0. The van der Waals surface area contributed by atoms with Gasteiger partial charge in [0, 0.05) is 6.42 Å². The topological polar surface area (TPSA) is 37.3 Å². The maximum atomic E-state index is 13.2. The Hall–Kier alpha value is -1.38. The maximum absolute atomic E-state index is 13.2. The number of aryl methyl sites for hydroxylation is 1. The molecule has 2 aliphatic carbocycles. The van der Waals surface area contributed by atoms with Crippen molar-refractivity contribution in [3.05, 3.63) is 35.1 Å². The van der Waals surface area contributed by atoms with Gasteiger partial charge < -0.3 is 5.11 Å². The molecule has 3 rings (SSSR count). The molecule has 0 aromatic heterocycles. The molecule has 1 saturated carbocycles. The molecular formula is C14H15FO2. The maximum Gasteiger partial charge on any atom is 0.303 e. The SMILES string of the molecule is O=C(O)CC1CCc2cc(F)ccc2C12CC2. The van der Waals surface area contributed by atoms with E-state index in [1.807, 2.05) is 6.07 Å². The second-order valence-corrected chi connectivity index (χ2v) is 5.29. The molecule has 90 valence electrons. The molecule has 2 aliphatic rings. The Labute approximate surface area is 99.5 Å². The average Bonchev–Trinajstić information content (AvgIpc) is 3.03. The summed E-state index contributed by atoms with van der Waals surface area (Å²) in [5.74, 6) is -0.666. The standard InChI is InChI=1S/C14H15FO2/c15-11-3-4-12-9(7-11)1-2-10(8-13(16)17)14(12)5-6-14/h3-4,7,10H,1-2,5-6,8H2,(H,16,17). The molecule has 17 heavy (non-hydrogen) atoms. The van der Waals surface area contributed by atoms with Gasteiger partial charge in [-0.1, -0.05) is 6.07 Å². The molecule has 1 aromatic carbocycles. The summed E-state index contributed by atoms with van der Waals surface area (Å²) in [5.41, 5.74) is 2.35. The van der Waals surface area contributed by atoms with E-state index in [1.54, 1.807) is 6.07 Å². The van der Waals surface area contributed by atoms with Crippen LogP contribution < -0.4 is 0 Å². The molecule has 1 aromatic rings. The van der Waals surface area contributed by atoms with Crippen LogP contribution in [0.3, 0.4) is 0 Å². The van der Waals surface area contributed by atoms with E-state index >= 15 is 0 Å². The highest BCUT2D eigenvalue weighted by Gasteiger charge is 2.53. The highest BCUT2D eigenvalue weighted by molar-refractivity contribution is 5.68. The zero-order valence-corrected chi connectivity index (χ0v) is 9.58. The minimum atomic E-state index is -0.716. The lowest BCUT2D eigenvalue weighted by molar-refractivity contribution is -0.138. The van der Waals surface area contributed by atoms with Crippen LogP contribution in [0.2, 0.25) is 0 Å². The Balaban J connectivity index is 1.98. The summed E-state index contributed by atoms with van der Waals surface area (Å²) in [4.78, 5) is 10.9. The smallest absolute Gasteiger partial charge is 0.303 e. The van der Waals surface area contributed by atoms with Gasteiger partial charge in [0.2, 0.25) is 0 Å². The Kier molecular flexibility index (Phi) is 2.25. The summed E-state index contributed by atoms with van der Waals surface area (Å²) in [6.45, 7) is 0. The van der Waals surface area contributed by atoms with Gasteiger partial charge in [-0.3, -0.25) is 4.79 Å². The first-order valence-electron chi connectivity index (χ1n) is 6.12. The van der Waals surface area contributed by atoms with Crippen molar-refractivity contribution < 1.29 is 14.3 Å². The molecular weight excluding hydrogens is 219 g/mol. The summed E-state index contributed by atoms with van der Waals surface area (Å²) in [7, 11) is 0. The third kappa shape index (κ3) is 1.65. The molecule has 1 unspecified atom stereocenters. The van der Waals surface area contributed by atoms with Crippen molar-refractivity contribution in [3.63, 3.8) is 0 Å². The summed E-state index contributed by atoms with van der Waals surface area (Å²) in [5, 5.41) is 8.96. The molecule has 1 atom stereocenters. The quantitative estimate of drug-likeness (QED) is 0.854. The molecule has 0 heterocycles. The van der Waals surface area contributed by atoms with Gasteiger partial charge in [0.25, 0.3) is 0 Å². The van der Waals surface area contributed by atoms with E-state index < -0.39 is 5.97 Å². The molecule has 0 radical (unpaired) electrons. The number of hydrogen-bond acceptors (Lipinski definition) is 1. The number of carboxylic acids is 1. The largest absolute Gasteiger partial charge is 0.481 e. The number of hydrogen-bond donors (Lipinski definition) is 1. The Bertz CT molecular complexity index is 477. The second-order valence-electron chi connectivity index (χ2n) is 5.29. The number of carboxylic acid groups (broad SMARTS) is 1. The highest BCUT2D eigenvalue weighted by atomic mass is 19.1. The molecule has 1 N–H and O–H groups in total. The van der Waals surface area contributed by atoms with Gasteiger partial charge in [-0.15, -0.1) is 0 Å². The zero-order chi connectivity index (χ0) is 12.0. The molecule has 1 fully saturated rings. The first-order chi connectivity index (χ1) is 8.12. The molecule has 0 saturated heterocycles. The fourth-order valence-electron chi connectivity index (χ4n) is 3.40. The molecule has 2 nitrogen and oxygen atoms in total. The lowest BCUT2D eigenvalue weighted by atomic mass is 9.71.